The molecule has 1 fully saturated rings. The molecule has 1 saturated carbocycles. The summed E-state index contributed by atoms with van der Waals surface area (Å²) in [5.41, 5.74) is 2.75. The van der Waals surface area contributed by atoms with E-state index in [1.807, 2.05) is 7.05 Å². The Hall–Kier alpha value is -0.540. The predicted molar refractivity (Wildman–Crippen MR) is 86.9 cm³/mol. The van der Waals surface area contributed by atoms with Crippen molar-refractivity contribution in [1.82, 2.24) is 5.32 Å². The lowest BCUT2D eigenvalue weighted by molar-refractivity contribution is 0.426. The first-order chi connectivity index (χ1) is 9.13. The normalized spacial score (nSPS) is 18.3. The van der Waals surface area contributed by atoms with Gasteiger partial charge in [0.25, 0.3) is 0 Å². The van der Waals surface area contributed by atoms with Crippen LogP contribution in [0.3, 0.4) is 0 Å². The molecular weight excluding hydrogens is 300 g/mol. The summed E-state index contributed by atoms with van der Waals surface area (Å²) < 4.78 is 1.16. The van der Waals surface area contributed by atoms with Crippen molar-refractivity contribution in [3.63, 3.8) is 0 Å². The molecule has 1 aliphatic carbocycles. The summed E-state index contributed by atoms with van der Waals surface area (Å²) in [5.74, 6) is 0. The third-order valence-electron chi connectivity index (χ3n) is 4.39. The van der Waals surface area contributed by atoms with E-state index >= 15 is 0 Å². The zero-order valence-corrected chi connectivity index (χ0v) is 13.8. The van der Waals surface area contributed by atoms with Gasteiger partial charge in [-0.25, -0.2) is 0 Å². The van der Waals surface area contributed by atoms with Crippen LogP contribution in [0.25, 0.3) is 0 Å². The van der Waals surface area contributed by atoms with Gasteiger partial charge in [-0.2, -0.15) is 0 Å². The van der Waals surface area contributed by atoms with Crippen LogP contribution < -0.4 is 10.2 Å². The van der Waals surface area contributed by atoms with Crippen LogP contribution in [0.5, 0.6) is 0 Å². The van der Waals surface area contributed by atoms with Crippen LogP contribution >= 0.6 is 15.9 Å². The Morgan fingerprint density at radius 2 is 1.95 bits per heavy atom. The summed E-state index contributed by atoms with van der Waals surface area (Å²) in [6.45, 7) is 2.22. The summed E-state index contributed by atoms with van der Waals surface area (Å²) in [6.07, 6.45) is 6.83. The topological polar surface area (TPSA) is 15.3 Å². The molecule has 1 unspecified atom stereocenters. The fraction of sp³-hybridized carbons (Fsp3) is 0.625. The number of nitrogens with one attached hydrogen (secondary N) is 1. The van der Waals surface area contributed by atoms with Crippen molar-refractivity contribution in [2.45, 2.75) is 51.1 Å². The van der Waals surface area contributed by atoms with Gasteiger partial charge >= 0.3 is 0 Å². The Kier molecular flexibility index (Phi) is 5.28. The molecule has 0 saturated heterocycles. The van der Waals surface area contributed by atoms with Gasteiger partial charge in [-0.15, -0.1) is 0 Å². The van der Waals surface area contributed by atoms with E-state index in [1.54, 1.807) is 0 Å². The quantitative estimate of drug-likeness (QED) is 0.877. The monoisotopic (exact) mass is 324 g/mol. The predicted octanol–water partition coefficient (Wildman–Crippen LogP) is 4.50. The molecule has 1 aliphatic rings. The van der Waals surface area contributed by atoms with E-state index in [0.717, 1.165) is 4.47 Å². The highest BCUT2D eigenvalue weighted by Crippen LogP contribution is 2.33. The van der Waals surface area contributed by atoms with Crippen molar-refractivity contribution in [2.75, 3.05) is 19.0 Å². The average molecular weight is 325 g/mol. The minimum absolute atomic E-state index is 0.374. The Bertz CT molecular complexity index is 413. The van der Waals surface area contributed by atoms with Crippen LogP contribution in [-0.2, 0) is 0 Å². The highest BCUT2D eigenvalue weighted by molar-refractivity contribution is 9.10. The molecule has 0 heterocycles. The van der Waals surface area contributed by atoms with Crippen molar-refractivity contribution in [2.24, 2.45) is 0 Å². The van der Waals surface area contributed by atoms with Crippen LogP contribution in [0, 0.1) is 0 Å². The molecule has 0 radical (unpaired) electrons. The summed E-state index contributed by atoms with van der Waals surface area (Å²) in [5, 5.41) is 3.36. The first kappa shape index (κ1) is 14.9. The number of benzene rings is 1. The minimum atomic E-state index is 0.374. The minimum Gasteiger partial charge on any atom is -0.371 e. The molecule has 0 aromatic heterocycles. The summed E-state index contributed by atoms with van der Waals surface area (Å²) in [7, 11) is 4.28. The Morgan fingerprint density at radius 1 is 1.26 bits per heavy atom. The lowest BCUT2D eigenvalue weighted by Crippen LogP contribution is -2.34. The number of anilines is 1. The van der Waals surface area contributed by atoms with Crippen molar-refractivity contribution in [1.29, 1.82) is 0 Å². The zero-order valence-electron chi connectivity index (χ0n) is 12.2. The molecule has 2 nitrogen and oxygen atoms in total. The van der Waals surface area contributed by atoms with Gasteiger partial charge in [0.15, 0.2) is 0 Å². The van der Waals surface area contributed by atoms with E-state index in [4.69, 9.17) is 0 Å². The third kappa shape index (κ3) is 3.51. The second-order valence-corrected chi connectivity index (χ2v) is 6.53. The summed E-state index contributed by atoms with van der Waals surface area (Å²) >= 11 is 3.59. The Balaban J connectivity index is 2.26. The van der Waals surface area contributed by atoms with Crippen LogP contribution in [0.2, 0.25) is 0 Å². The molecule has 1 aromatic carbocycles. The summed E-state index contributed by atoms with van der Waals surface area (Å²) in [4.78, 5) is 2.49. The van der Waals surface area contributed by atoms with E-state index in [1.165, 1.54) is 43.4 Å². The molecule has 3 heteroatoms. The van der Waals surface area contributed by atoms with Gasteiger partial charge < -0.3 is 10.2 Å². The maximum absolute atomic E-state index is 3.59. The molecule has 0 aliphatic heterocycles. The fourth-order valence-electron chi connectivity index (χ4n) is 3.01. The van der Waals surface area contributed by atoms with E-state index < -0.39 is 0 Å². The van der Waals surface area contributed by atoms with Crippen molar-refractivity contribution >= 4 is 21.6 Å². The first-order valence-corrected chi connectivity index (χ1v) is 8.12. The van der Waals surface area contributed by atoms with Crippen LogP contribution in [0.1, 0.15) is 50.6 Å². The molecule has 0 amide bonds. The Labute approximate surface area is 125 Å². The number of hydrogen-bond donors (Lipinski definition) is 1. The molecule has 1 N–H and O–H groups in total. The molecule has 1 aromatic rings. The van der Waals surface area contributed by atoms with Crippen molar-refractivity contribution < 1.29 is 0 Å². The van der Waals surface area contributed by atoms with E-state index in [0.29, 0.717) is 12.1 Å². The smallest absolute Gasteiger partial charge is 0.0415 e. The Morgan fingerprint density at radius 3 is 2.58 bits per heavy atom. The SMILES string of the molecule is CNC(C)c1cc(Br)ccc1N(C)C1CCCCC1. The van der Waals surface area contributed by atoms with Gasteiger partial charge in [0.1, 0.15) is 0 Å². The van der Waals surface area contributed by atoms with Gasteiger partial charge in [0.05, 0.1) is 0 Å². The molecule has 106 valence electrons. The van der Waals surface area contributed by atoms with Gasteiger partial charge in [0, 0.05) is 29.3 Å². The van der Waals surface area contributed by atoms with E-state index in [9.17, 15) is 0 Å². The maximum atomic E-state index is 3.59. The molecule has 1 atom stereocenters. The largest absolute Gasteiger partial charge is 0.371 e. The van der Waals surface area contributed by atoms with Gasteiger partial charge in [-0.05, 0) is 50.6 Å². The lowest BCUT2D eigenvalue weighted by Gasteiger charge is -2.35. The van der Waals surface area contributed by atoms with Gasteiger partial charge in [0.2, 0.25) is 0 Å². The van der Waals surface area contributed by atoms with E-state index in [2.05, 4.69) is 58.3 Å². The zero-order chi connectivity index (χ0) is 13.8. The number of halogens is 1. The molecule has 19 heavy (non-hydrogen) atoms. The fourth-order valence-corrected chi connectivity index (χ4v) is 3.39. The van der Waals surface area contributed by atoms with Crippen molar-refractivity contribution in [3.8, 4) is 0 Å². The summed E-state index contributed by atoms with van der Waals surface area (Å²) in [6, 6.07) is 7.73. The standard InChI is InChI=1S/C16H25BrN2/c1-12(18-2)15-11-13(17)9-10-16(15)19(3)14-7-5-4-6-8-14/h9-12,14,18H,4-8H2,1-3H3. The molecule has 0 bridgehead atoms. The number of rotatable bonds is 4. The van der Waals surface area contributed by atoms with E-state index in [-0.39, 0.29) is 0 Å². The maximum Gasteiger partial charge on any atom is 0.0415 e. The molecule has 2 rings (SSSR count). The number of nitrogens with zero attached hydrogens (tertiary/aromatic N) is 1. The van der Waals surface area contributed by atoms with Crippen LogP contribution in [-0.4, -0.2) is 20.1 Å². The lowest BCUT2D eigenvalue weighted by atomic mass is 9.93. The highest BCUT2D eigenvalue weighted by Gasteiger charge is 2.21. The number of hydrogen-bond acceptors (Lipinski definition) is 2. The van der Waals surface area contributed by atoms with Crippen LogP contribution in [0.4, 0.5) is 5.69 Å². The third-order valence-corrected chi connectivity index (χ3v) is 4.88. The van der Waals surface area contributed by atoms with Gasteiger partial charge in [-0.1, -0.05) is 35.2 Å². The van der Waals surface area contributed by atoms with Crippen molar-refractivity contribution in [3.05, 3.63) is 28.2 Å². The van der Waals surface area contributed by atoms with Crippen LogP contribution in [0.15, 0.2) is 22.7 Å². The second-order valence-electron chi connectivity index (χ2n) is 5.62. The first-order valence-electron chi connectivity index (χ1n) is 7.33. The molecular formula is C16H25BrN2. The van der Waals surface area contributed by atoms with Gasteiger partial charge in [-0.3, -0.25) is 0 Å². The molecule has 0 spiro atoms. The highest BCUT2D eigenvalue weighted by atomic mass is 79.9. The average Bonchev–Trinajstić information content (AvgIpc) is 2.46. The second kappa shape index (κ2) is 6.76.